The molecule has 0 spiro atoms. The number of nitrogens with zero attached hydrogens (tertiary/aromatic N) is 1. The van der Waals surface area contributed by atoms with Crippen molar-refractivity contribution in [3.8, 4) is 0 Å². The second-order valence-electron chi connectivity index (χ2n) is 6.82. The van der Waals surface area contributed by atoms with Crippen LogP contribution in [-0.4, -0.2) is 29.9 Å². The molecule has 0 aromatic heterocycles. The van der Waals surface area contributed by atoms with Gasteiger partial charge in [-0.2, -0.15) is 0 Å². The molecule has 0 unspecified atom stereocenters. The topological polar surface area (TPSA) is 46.6 Å². The fourth-order valence-corrected chi connectivity index (χ4v) is 3.77. The van der Waals surface area contributed by atoms with Gasteiger partial charge in [-0.25, -0.2) is 4.79 Å². The Morgan fingerprint density at radius 3 is 2.75 bits per heavy atom. The SMILES string of the molecule is C=C(C)OC(=O)N1CCC2=CC(=O)CC[C@]2(Cc2ccccc2)C1. The van der Waals surface area contributed by atoms with Gasteiger partial charge in [-0.15, -0.1) is 0 Å². The highest BCUT2D eigenvalue weighted by molar-refractivity contribution is 5.91. The Hall–Kier alpha value is -2.36. The van der Waals surface area contributed by atoms with E-state index in [1.165, 1.54) is 11.1 Å². The highest BCUT2D eigenvalue weighted by Crippen LogP contribution is 2.44. The number of ether oxygens (including phenoxy) is 1. The molecule has 0 bridgehead atoms. The minimum Gasteiger partial charge on any atom is -0.416 e. The van der Waals surface area contributed by atoms with Crippen LogP contribution in [0.3, 0.4) is 0 Å². The average molecular weight is 325 g/mol. The lowest BCUT2D eigenvalue weighted by Gasteiger charge is -2.46. The number of amides is 1. The first kappa shape index (κ1) is 16.5. The Bertz CT molecular complexity index is 692. The number of rotatable bonds is 3. The monoisotopic (exact) mass is 325 g/mol. The van der Waals surface area contributed by atoms with Gasteiger partial charge in [0.25, 0.3) is 0 Å². The summed E-state index contributed by atoms with van der Waals surface area (Å²) in [6.45, 7) is 6.49. The summed E-state index contributed by atoms with van der Waals surface area (Å²) in [5.41, 5.74) is 2.25. The van der Waals surface area contributed by atoms with Gasteiger partial charge in [0, 0.05) is 24.9 Å². The second-order valence-corrected chi connectivity index (χ2v) is 6.82. The maximum absolute atomic E-state index is 12.3. The zero-order chi connectivity index (χ0) is 17.2. The van der Waals surface area contributed by atoms with E-state index in [0.29, 0.717) is 25.3 Å². The van der Waals surface area contributed by atoms with E-state index in [0.717, 1.165) is 19.3 Å². The molecule has 0 saturated carbocycles. The van der Waals surface area contributed by atoms with Crippen molar-refractivity contribution in [2.75, 3.05) is 13.1 Å². The molecule has 1 aliphatic carbocycles. The third kappa shape index (κ3) is 3.42. The summed E-state index contributed by atoms with van der Waals surface area (Å²) in [5.74, 6) is 0.601. The molecule has 1 atom stereocenters. The molecule has 1 amide bonds. The molecule has 126 valence electrons. The maximum atomic E-state index is 12.3. The smallest absolute Gasteiger partial charge is 0.414 e. The summed E-state index contributed by atoms with van der Waals surface area (Å²) in [7, 11) is 0. The molecule has 0 N–H and O–H groups in total. The summed E-state index contributed by atoms with van der Waals surface area (Å²) in [4.78, 5) is 25.9. The van der Waals surface area contributed by atoms with Crippen molar-refractivity contribution >= 4 is 11.9 Å². The van der Waals surface area contributed by atoms with E-state index < -0.39 is 0 Å². The number of fused-ring (bicyclic) bond motifs is 1. The molecule has 1 aromatic carbocycles. The van der Waals surface area contributed by atoms with Gasteiger partial charge >= 0.3 is 6.09 Å². The number of hydrogen-bond acceptors (Lipinski definition) is 3. The van der Waals surface area contributed by atoms with E-state index in [-0.39, 0.29) is 17.3 Å². The van der Waals surface area contributed by atoms with Crippen molar-refractivity contribution in [3.05, 3.63) is 59.9 Å². The van der Waals surface area contributed by atoms with Crippen LogP contribution in [0.2, 0.25) is 0 Å². The quantitative estimate of drug-likeness (QED) is 0.792. The molecular formula is C20H23NO3. The van der Waals surface area contributed by atoms with Gasteiger partial charge in [0.2, 0.25) is 0 Å². The van der Waals surface area contributed by atoms with Gasteiger partial charge in [0.1, 0.15) is 0 Å². The number of piperidine rings is 1. The summed E-state index contributed by atoms with van der Waals surface area (Å²) >= 11 is 0. The largest absolute Gasteiger partial charge is 0.416 e. The zero-order valence-corrected chi connectivity index (χ0v) is 14.1. The normalized spacial score (nSPS) is 23.3. The highest BCUT2D eigenvalue weighted by Gasteiger charge is 2.43. The second kappa shape index (κ2) is 6.63. The third-order valence-electron chi connectivity index (χ3n) is 4.92. The molecule has 3 rings (SSSR count). The lowest BCUT2D eigenvalue weighted by Crippen LogP contribution is -2.50. The number of likely N-dealkylation sites (tertiary alicyclic amines) is 1. The van der Waals surface area contributed by atoms with Crippen LogP contribution in [0.15, 0.2) is 54.3 Å². The van der Waals surface area contributed by atoms with Gasteiger partial charge in [-0.05, 0) is 37.8 Å². The molecule has 24 heavy (non-hydrogen) atoms. The Morgan fingerprint density at radius 2 is 2.04 bits per heavy atom. The third-order valence-corrected chi connectivity index (χ3v) is 4.92. The van der Waals surface area contributed by atoms with Crippen molar-refractivity contribution in [1.29, 1.82) is 0 Å². The fraction of sp³-hybridized carbons (Fsp3) is 0.400. The highest BCUT2D eigenvalue weighted by atomic mass is 16.6. The number of benzene rings is 1. The Kier molecular flexibility index (Phi) is 4.56. The van der Waals surface area contributed by atoms with E-state index in [4.69, 9.17) is 4.74 Å². The van der Waals surface area contributed by atoms with Crippen LogP contribution in [0.4, 0.5) is 4.79 Å². The van der Waals surface area contributed by atoms with Crippen LogP contribution in [0.25, 0.3) is 0 Å². The number of carbonyl (C=O) groups excluding carboxylic acids is 2. The van der Waals surface area contributed by atoms with Crippen molar-refractivity contribution in [1.82, 2.24) is 4.90 Å². The predicted octanol–water partition coefficient (Wildman–Crippen LogP) is 3.88. The minimum atomic E-state index is -0.342. The first-order valence-electron chi connectivity index (χ1n) is 8.39. The molecule has 1 fully saturated rings. The molecule has 1 heterocycles. The Labute approximate surface area is 142 Å². The summed E-state index contributed by atoms with van der Waals surface area (Å²) in [6, 6.07) is 10.3. The number of allylic oxidation sites excluding steroid dienone is 2. The van der Waals surface area contributed by atoms with Gasteiger partial charge < -0.3 is 9.64 Å². The average Bonchev–Trinajstić information content (AvgIpc) is 2.55. The summed E-state index contributed by atoms with van der Waals surface area (Å²) < 4.78 is 5.19. The van der Waals surface area contributed by atoms with Crippen molar-refractivity contribution in [2.24, 2.45) is 5.41 Å². The maximum Gasteiger partial charge on any atom is 0.414 e. The summed E-state index contributed by atoms with van der Waals surface area (Å²) in [5, 5.41) is 0. The molecule has 1 saturated heterocycles. The number of hydrogen-bond donors (Lipinski definition) is 0. The van der Waals surface area contributed by atoms with Crippen LogP contribution in [0.5, 0.6) is 0 Å². The van der Waals surface area contributed by atoms with Crippen LogP contribution in [0.1, 0.15) is 31.7 Å². The molecule has 4 heteroatoms. The van der Waals surface area contributed by atoms with Crippen LogP contribution in [-0.2, 0) is 16.0 Å². The Morgan fingerprint density at radius 1 is 1.29 bits per heavy atom. The van der Waals surface area contributed by atoms with E-state index in [9.17, 15) is 9.59 Å². The van der Waals surface area contributed by atoms with Gasteiger partial charge in [-0.3, -0.25) is 4.79 Å². The molecule has 2 aliphatic rings. The standard InChI is InChI=1S/C20H23NO3/c1-15(2)24-19(23)21-11-9-17-12-18(22)8-10-20(17,14-21)13-16-6-4-3-5-7-16/h3-7,12H,1,8-11,13-14H2,2H3/t20-/m0/s1. The van der Waals surface area contributed by atoms with E-state index in [1.807, 2.05) is 24.3 Å². The van der Waals surface area contributed by atoms with E-state index >= 15 is 0 Å². The minimum absolute atomic E-state index is 0.165. The van der Waals surface area contributed by atoms with E-state index in [2.05, 4.69) is 18.7 Å². The first-order chi connectivity index (χ1) is 11.5. The summed E-state index contributed by atoms with van der Waals surface area (Å²) in [6.07, 6.45) is 4.36. The predicted molar refractivity (Wildman–Crippen MR) is 92.4 cm³/mol. The van der Waals surface area contributed by atoms with Crippen LogP contribution >= 0.6 is 0 Å². The lowest BCUT2D eigenvalue weighted by molar-refractivity contribution is -0.116. The zero-order valence-electron chi connectivity index (χ0n) is 14.1. The van der Waals surface area contributed by atoms with Gasteiger partial charge in [0.15, 0.2) is 5.78 Å². The molecule has 4 nitrogen and oxygen atoms in total. The molecule has 0 radical (unpaired) electrons. The molecule has 1 aliphatic heterocycles. The first-order valence-corrected chi connectivity index (χ1v) is 8.39. The fourth-order valence-electron chi connectivity index (χ4n) is 3.77. The van der Waals surface area contributed by atoms with Crippen molar-refractivity contribution in [2.45, 2.75) is 32.6 Å². The molecular weight excluding hydrogens is 302 g/mol. The van der Waals surface area contributed by atoms with Crippen LogP contribution in [0, 0.1) is 5.41 Å². The number of carbonyl (C=O) groups is 2. The van der Waals surface area contributed by atoms with Gasteiger partial charge in [0.05, 0.1) is 5.76 Å². The van der Waals surface area contributed by atoms with Gasteiger partial charge in [-0.1, -0.05) is 42.5 Å². The van der Waals surface area contributed by atoms with Crippen molar-refractivity contribution < 1.29 is 14.3 Å². The molecule has 1 aromatic rings. The Balaban J connectivity index is 1.87. The van der Waals surface area contributed by atoms with E-state index in [1.54, 1.807) is 11.8 Å². The lowest BCUT2D eigenvalue weighted by atomic mass is 9.65. The van der Waals surface area contributed by atoms with Crippen molar-refractivity contribution in [3.63, 3.8) is 0 Å². The number of ketones is 1. The van der Waals surface area contributed by atoms with Crippen LogP contribution < -0.4 is 0 Å².